The van der Waals surface area contributed by atoms with Crippen molar-refractivity contribution in [3.05, 3.63) is 41.0 Å². The summed E-state index contributed by atoms with van der Waals surface area (Å²) in [6.07, 6.45) is 3.98. The first-order valence-electron chi connectivity index (χ1n) is 5.86. The summed E-state index contributed by atoms with van der Waals surface area (Å²) in [4.78, 5) is 4.25. The second-order valence-electron chi connectivity index (χ2n) is 4.40. The number of aromatic nitrogens is 1. The lowest BCUT2D eigenvalue weighted by Crippen LogP contribution is -2.15. The highest BCUT2D eigenvalue weighted by Gasteiger charge is 2.21. The summed E-state index contributed by atoms with van der Waals surface area (Å²) < 4.78 is 19.1. The Balaban J connectivity index is 1.80. The Morgan fingerprint density at radius 2 is 2.28 bits per heavy atom. The molecule has 1 heterocycles. The summed E-state index contributed by atoms with van der Waals surface area (Å²) in [5.41, 5.74) is 1.07. The molecule has 0 radical (unpaired) electrons. The zero-order valence-corrected chi connectivity index (χ0v) is 10.4. The number of oxazole rings is 1. The Morgan fingerprint density at radius 1 is 1.44 bits per heavy atom. The molecule has 0 bridgehead atoms. The molecule has 0 amide bonds. The highest BCUT2D eigenvalue weighted by molar-refractivity contribution is 6.31. The topological polar surface area (TPSA) is 38.1 Å². The zero-order chi connectivity index (χ0) is 12.5. The van der Waals surface area contributed by atoms with Gasteiger partial charge in [-0.25, -0.2) is 9.37 Å². The second-order valence-corrected chi connectivity index (χ2v) is 4.81. The Labute approximate surface area is 109 Å². The van der Waals surface area contributed by atoms with Crippen LogP contribution in [0.3, 0.4) is 0 Å². The normalized spacial score (nSPS) is 15.0. The maximum atomic E-state index is 13.8. The smallest absolute Gasteiger partial charge is 0.229 e. The fourth-order valence-electron chi connectivity index (χ4n) is 1.72. The van der Waals surface area contributed by atoms with Gasteiger partial charge in [-0.05, 0) is 25.0 Å². The van der Waals surface area contributed by atoms with Crippen molar-refractivity contribution in [1.29, 1.82) is 0 Å². The average molecular weight is 267 g/mol. The third-order valence-corrected chi connectivity index (χ3v) is 3.17. The van der Waals surface area contributed by atoms with Crippen LogP contribution in [0.25, 0.3) is 11.5 Å². The third-order valence-electron chi connectivity index (χ3n) is 2.88. The molecule has 1 aliphatic rings. The van der Waals surface area contributed by atoms with E-state index < -0.39 is 5.82 Å². The van der Waals surface area contributed by atoms with Crippen molar-refractivity contribution < 1.29 is 8.81 Å². The van der Waals surface area contributed by atoms with Crippen LogP contribution in [-0.2, 0) is 6.54 Å². The minimum atomic E-state index is -0.497. The molecular weight excluding hydrogens is 255 g/mol. The molecule has 5 heteroatoms. The molecule has 3 nitrogen and oxygen atoms in total. The van der Waals surface area contributed by atoms with Crippen LogP contribution in [0.2, 0.25) is 5.02 Å². The number of rotatable bonds is 4. The summed E-state index contributed by atoms with van der Waals surface area (Å²) in [6, 6.07) is 5.38. The Bertz CT molecular complexity index is 566. The Morgan fingerprint density at radius 3 is 3.06 bits per heavy atom. The van der Waals surface area contributed by atoms with Crippen molar-refractivity contribution >= 4 is 11.6 Å². The molecule has 1 fully saturated rings. The van der Waals surface area contributed by atoms with Crippen LogP contribution in [0.5, 0.6) is 0 Å². The minimum Gasteiger partial charge on any atom is -0.444 e. The first-order valence-corrected chi connectivity index (χ1v) is 6.24. The van der Waals surface area contributed by atoms with E-state index in [1.54, 1.807) is 18.4 Å². The summed E-state index contributed by atoms with van der Waals surface area (Å²) in [7, 11) is 0. The van der Waals surface area contributed by atoms with Crippen molar-refractivity contribution in [2.75, 3.05) is 0 Å². The molecule has 1 aliphatic carbocycles. The van der Waals surface area contributed by atoms with Crippen LogP contribution >= 0.6 is 11.6 Å². The summed E-state index contributed by atoms with van der Waals surface area (Å²) in [5, 5.41) is 3.39. The van der Waals surface area contributed by atoms with Crippen LogP contribution < -0.4 is 5.32 Å². The van der Waals surface area contributed by atoms with E-state index in [-0.39, 0.29) is 10.9 Å². The van der Waals surface area contributed by atoms with Gasteiger partial charge >= 0.3 is 0 Å². The van der Waals surface area contributed by atoms with Crippen LogP contribution in [0.1, 0.15) is 18.5 Å². The van der Waals surface area contributed by atoms with Gasteiger partial charge in [-0.3, -0.25) is 0 Å². The van der Waals surface area contributed by atoms with Gasteiger partial charge in [-0.2, -0.15) is 0 Å². The van der Waals surface area contributed by atoms with Crippen molar-refractivity contribution in [3.63, 3.8) is 0 Å². The standard InChI is InChI=1S/C13H12ClFN2O/c14-11-3-1-2-10(12(11)15)13-17-9(7-18-13)6-16-8-4-5-8/h1-3,7-8,16H,4-6H2. The molecule has 1 aromatic carbocycles. The Kier molecular flexibility index (Phi) is 3.06. The molecule has 3 rings (SSSR count). The van der Waals surface area contributed by atoms with E-state index in [1.165, 1.54) is 18.9 Å². The molecule has 2 aromatic rings. The second kappa shape index (κ2) is 4.71. The average Bonchev–Trinajstić information content (AvgIpc) is 3.08. The van der Waals surface area contributed by atoms with E-state index in [9.17, 15) is 4.39 Å². The van der Waals surface area contributed by atoms with E-state index >= 15 is 0 Å². The Hall–Kier alpha value is -1.39. The van der Waals surface area contributed by atoms with Gasteiger partial charge in [0.25, 0.3) is 0 Å². The van der Waals surface area contributed by atoms with Crippen LogP contribution in [0, 0.1) is 5.82 Å². The van der Waals surface area contributed by atoms with Crippen LogP contribution in [0.15, 0.2) is 28.9 Å². The predicted molar refractivity (Wildman–Crippen MR) is 66.8 cm³/mol. The fraction of sp³-hybridized carbons (Fsp3) is 0.308. The number of hydrogen-bond acceptors (Lipinski definition) is 3. The quantitative estimate of drug-likeness (QED) is 0.922. The molecule has 0 aliphatic heterocycles. The highest BCUT2D eigenvalue weighted by atomic mass is 35.5. The number of hydrogen-bond donors (Lipinski definition) is 1. The molecule has 0 unspecified atom stereocenters. The van der Waals surface area contributed by atoms with E-state index in [0.717, 1.165) is 5.69 Å². The number of nitrogens with zero attached hydrogens (tertiary/aromatic N) is 1. The van der Waals surface area contributed by atoms with Gasteiger partial charge in [0, 0.05) is 12.6 Å². The largest absolute Gasteiger partial charge is 0.444 e. The minimum absolute atomic E-state index is 0.0726. The number of nitrogens with one attached hydrogen (secondary N) is 1. The summed E-state index contributed by atoms with van der Waals surface area (Å²) in [6.45, 7) is 0.649. The molecule has 1 saturated carbocycles. The molecule has 0 atom stereocenters. The maximum absolute atomic E-state index is 13.8. The first kappa shape index (κ1) is 11.7. The molecule has 1 aromatic heterocycles. The van der Waals surface area contributed by atoms with Crippen LogP contribution in [-0.4, -0.2) is 11.0 Å². The van der Waals surface area contributed by atoms with E-state index in [0.29, 0.717) is 18.2 Å². The van der Waals surface area contributed by atoms with Gasteiger partial charge in [-0.1, -0.05) is 17.7 Å². The maximum Gasteiger partial charge on any atom is 0.229 e. The van der Waals surface area contributed by atoms with Crippen molar-refractivity contribution in [2.24, 2.45) is 0 Å². The van der Waals surface area contributed by atoms with Gasteiger partial charge in [0.05, 0.1) is 16.3 Å². The van der Waals surface area contributed by atoms with E-state index in [4.69, 9.17) is 16.0 Å². The molecule has 0 spiro atoms. The van der Waals surface area contributed by atoms with Gasteiger partial charge in [0.1, 0.15) is 6.26 Å². The molecule has 0 saturated heterocycles. The molecule has 94 valence electrons. The summed E-state index contributed by atoms with van der Waals surface area (Å²) >= 11 is 5.72. The van der Waals surface area contributed by atoms with Gasteiger partial charge in [0.15, 0.2) is 5.82 Å². The van der Waals surface area contributed by atoms with Gasteiger partial charge < -0.3 is 9.73 Å². The predicted octanol–water partition coefficient (Wildman–Crippen LogP) is 3.39. The van der Waals surface area contributed by atoms with Crippen molar-refractivity contribution in [1.82, 2.24) is 10.3 Å². The zero-order valence-electron chi connectivity index (χ0n) is 9.62. The van der Waals surface area contributed by atoms with Crippen LogP contribution in [0.4, 0.5) is 4.39 Å². The SMILES string of the molecule is Fc1c(Cl)cccc1-c1nc(CNC2CC2)co1. The number of halogens is 2. The first-order chi connectivity index (χ1) is 8.74. The van der Waals surface area contributed by atoms with Crippen molar-refractivity contribution in [3.8, 4) is 11.5 Å². The monoisotopic (exact) mass is 266 g/mol. The van der Waals surface area contributed by atoms with Gasteiger partial charge in [0.2, 0.25) is 5.89 Å². The van der Waals surface area contributed by atoms with Crippen molar-refractivity contribution in [2.45, 2.75) is 25.4 Å². The molecule has 1 N–H and O–H groups in total. The van der Waals surface area contributed by atoms with E-state index in [1.807, 2.05) is 0 Å². The van der Waals surface area contributed by atoms with Gasteiger partial charge in [-0.15, -0.1) is 0 Å². The highest BCUT2D eigenvalue weighted by Crippen LogP contribution is 2.27. The lowest BCUT2D eigenvalue weighted by atomic mass is 10.2. The van der Waals surface area contributed by atoms with E-state index in [2.05, 4.69) is 10.3 Å². The fourth-order valence-corrected chi connectivity index (χ4v) is 1.89. The molecule has 18 heavy (non-hydrogen) atoms. The lowest BCUT2D eigenvalue weighted by Gasteiger charge is -1.99. The molecular formula is C13H12ClFN2O. The number of benzene rings is 1. The third kappa shape index (κ3) is 2.40. The lowest BCUT2D eigenvalue weighted by molar-refractivity contribution is 0.559. The summed E-state index contributed by atoms with van der Waals surface area (Å²) in [5.74, 6) is -0.231.